The molecule has 0 saturated heterocycles. The van der Waals surface area contributed by atoms with Gasteiger partial charge in [0.15, 0.2) is 0 Å². The predicted molar refractivity (Wildman–Crippen MR) is 86.3 cm³/mol. The second-order valence-corrected chi connectivity index (χ2v) is 5.48. The minimum atomic E-state index is -0.447. The third-order valence-electron chi connectivity index (χ3n) is 2.91. The molecule has 0 spiro atoms. The number of carbonyl (C=O) groups is 1. The standard InChI is InChI=1S/C15H15N3O3S/c1-2-5-13(11-6-3-7-12(10-11)18(20)21)16-17-15(19)14-8-4-9-22-14/h3-4,6-10H,2,5H2,1H3,(H,17,19)/b16-13-. The van der Waals surface area contributed by atoms with Crippen LogP contribution in [0.25, 0.3) is 0 Å². The van der Waals surface area contributed by atoms with Crippen LogP contribution in [0, 0.1) is 10.1 Å². The van der Waals surface area contributed by atoms with Crippen molar-refractivity contribution in [1.29, 1.82) is 0 Å². The van der Waals surface area contributed by atoms with Crippen LogP contribution in [0.5, 0.6) is 0 Å². The van der Waals surface area contributed by atoms with E-state index in [1.54, 1.807) is 24.3 Å². The highest BCUT2D eigenvalue weighted by Crippen LogP contribution is 2.16. The SMILES string of the molecule is CCC/C(=N/NC(=O)c1cccs1)c1cccc([N+](=O)[O-])c1. The Labute approximate surface area is 131 Å². The number of nitrogens with one attached hydrogen (secondary N) is 1. The van der Waals surface area contributed by atoms with Crippen LogP contribution in [0.2, 0.25) is 0 Å². The average Bonchev–Trinajstić information content (AvgIpc) is 3.05. The van der Waals surface area contributed by atoms with E-state index in [0.717, 1.165) is 6.42 Å². The summed E-state index contributed by atoms with van der Waals surface area (Å²) in [6.45, 7) is 1.98. The summed E-state index contributed by atoms with van der Waals surface area (Å²) in [6.07, 6.45) is 1.43. The maximum Gasteiger partial charge on any atom is 0.281 e. The number of nitrogens with zero attached hydrogens (tertiary/aromatic N) is 2. The number of hydrazone groups is 1. The highest BCUT2D eigenvalue weighted by molar-refractivity contribution is 7.12. The Kier molecular flexibility index (Phi) is 5.37. The van der Waals surface area contributed by atoms with Crippen LogP contribution in [0.4, 0.5) is 5.69 Å². The number of non-ortho nitro benzene ring substituents is 1. The Bertz CT molecular complexity index is 696. The number of nitro benzene ring substituents is 1. The van der Waals surface area contributed by atoms with Gasteiger partial charge in [-0.2, -0.15) is 5.10 Å². The fourth-order valence-electron chi connectivity index (χ4n) is 1.88. The third-order valence-corrected chi connectivity index (χ3v) is 3.78. The number of rotatable bonds is 6. The second-order valence-electron chi connectivity index (χ2n) is 4.53. The zero-order valence-electron chi connectivity index (χ0n) is 12.0. The summed E-state index contributed by atoms with van der Waals surface area (Å²) < 4.78 is 0. The zero-order valence-corrected chi connectivity index (χ0v) is 12.8. The molecule has 1 N–H and O–H groups in total. The number of nitro groups is 1. The molecule has 1 heterocycles. The van der Waals surface area contributed by atoms with Gasteiger partial charge in [-0.3, -0.25) is 14.9 Å². The maximum absolute atomic E-state index is 11.9. The Morgan fingerprint density at radius 3 is 2.82 bits per heavy atom. The van der Waals surface area contributed by atoms with E-state index in [2.05, 4.69) is 10.5 Å². The lowest BCUT2D eigenvalue weighted by molar-refractivity contribution is -0.384. The minimum Gasteiger partial charge on any atom is -0.266 e. The molecule has 22 heavy (non-hydrogen) atoms. The molecule has 0 saturated carbocycles. The van der Waals surface area contributed by atoms with Crippen LogP contribution >= 0.6 is 11.3 Å². The summed E-state index contributed by atoms with van der Waals surface area (Å²) in [5, 5.41) is 16.8. The van der Waals surface area contributed by atoms with E-state index < -0.39 is 4.92 Å². The molecular formula is C15H15N3O3S. The Morgan fingerprint density at radius 2 is 2.18 bits per heavy atom. The van der Waals surface area contributed by atoms with Crippen molar-refractivity contribution in [2.24, 2.45) is 5.10 Å². The molecule has 0 aliphatic heterocycles. The lowest BCUT2D eigenvalue weighted by Gasteiger charge is -2.06. The number of amides is 1. The average molecular weight is 317 g/mol. The minimum absolute atomic E-state index is 0.00545. The van der Waals surface area contributed by atoms with Gasteiger partial charge in [0.1, 0.15) is 0 Å². The van der Waals surface area contributed by atoms with Gasteiger partial charge < -0.3 is 0 Å². The number of benzene rings is 1. The molecule has 7 heteroatoms. The summed E-state index contributed by atoms with van der Waals surface area (Å²) in [6, 6.07) is 9.75. The first-order valence-corrected chi connectivity index (χ1v) is 7.65. The monoisotopic (exact) mass is 317 g/mol. The Hall–Kier alpha value is -2.54. The van der Waals surface area contributed by atoms with Gasteiger partial charge in [-0.25, -0.2) is 5.43 Å². The van der Waals surface area contributed by atoms with Gasteiger partial charge in [-0.1, -0.05) is 31.5 Å². The van der Waals surface area contributed by atoms with Crippen molar-refractivity contribution >= 4 is 28.6 Å². The predicted octanol–water partition coefficient (Wildman–Crippen LogP) is 3.59. The van der Waals surface area contributed by atoms with Crippen LogP contribution in [-0.2, 0) is 0 Å². The summed E-state index contributed by atoms with van der Waals surface area (Å²) in [5.74, 6) is -0.283. The number of hydrogen-bond acceptors (Lipinski definition) is 5. The summed E-state index contributed by atoms with van der Waals surface area (Å²) in [7, 11) is 0. The lowest BCUT2D eigenvalue weighted by atomic mass is 10.1. The molecule has 114 valence electrons. The first kappa shape index (κ1) is 15.8. The van der Waals surface area contributed by atoms with Crippen LogP contribution in [0.3, 0.4) is 0 Å². The van der Waals surface area contributed by atoms with E-state index in [0.29, 0.717) is 22.6 Å². The molecule has 6 nitrogen and oxygen atoms in total. The van der Waals surface area contributed by atoms with Crippen molar-refractivity contribution in [3.8, 4) is 0 Å². The van der Waals surface area contributed by atoms with Gasteiger partial charge in [-0.15, -0.1) is 11.3 Å². The van der Waals surface area contributed by atoms with Gasteiger partial charge in [0.05, 0.1) is 15.5 Å². The van der Waals surface area contributed by atoms with Gasteiger partial charge in [0.25, 0.3) is 11.6 Å². The first-order chi connectivity index (χ1) is 10.6. The molecule has 1 amide bonds. The van der Waals surface area contributed by atoms with E-state index in [9.17, 15) is 14.9 Å². The fourth-order valence-corrected chi connectivity index (χ4v) is 2.50. The fraction of sp³-hybridized carbons (Fsp3) is 0.200. The van der Waals surface area contributed by atoms with Crippen molar-refractivity contribution in [3.05, 3.63) is 62.3 Å². The zero-order chi connectivity index (χ0) is 15.9. The number of thiophene rings is 1. The summed E-state index contributed by atoms with van der Waals surface area (Å²) in [4.78, 5) is 22.9. The van der Waals surface area contributed by atoms with Crippen LogP contribution in [0.1, 0.15) is 35.0 Å². The van der Waals surface area contributed by atoms with Crippen molar-refractivity contribution < 1.29 is 9.72 Å². The van der Waals surface area contributed by atoms with E-state index in [1.165, 1.54) is 23.5 Å². The topological polar surface area (TPSA) is 84.6 Å². The van der Waals surface area contributed by atoms with Gasteiger partial charge in [0.2, 0.25) is 0 Å². The van der Waals surface area contributed by atoms with Crippen molar-refractivity contribution in [2.75, 3.05) is 0 Å². The molecule has 0 bridgehead atoms. The normalized spacial score (nSPS) is 11.2. The molecule has 0 atom stereocenters. The van der Waals surface area contributed by atoms with Crippen LogP contribution in [0.15, 0.2) is 46.9 Å². The highest BCUT2D eigenvalue weighted by atomic mass is 32.1. The molecule has 1 aromatic heterocycles. The summed E-state index contributed by atoms with van der Waals surface area (Å²) >= 11 is 1.33. The molecule has 0 unspecified atom stereocenters. The summed E-state index contributed by atoms with van der Waals surface area (Å²) in [5.41, 5.74) is 3.77. The van der Waals surface area contributed by atoms with Crippen molar-refractivity contribution in [2.45, 2.75) is 19.8 Å². The van der Waals surface area contributed by atoms with E-state index in [4.69, 9.17) is 0 Å². The Balaban J connectivity index is 2.22. The van der Waals surface area contributed by atoms with Gasteiger partial charge in [0, 0.05) is 17.7 Å². The van der Waals surface area contributed by atoms with Gasteiger partial charge >= 0.3 is 0 Å². The molecule has 2 rings (SSSR count). The molecule has 0 aliphatic carbocycles. The Morgan fingerprint density at radius 1 is 1.36 bits per heavy atom. The second kappa shape index (κ2) is 7.46. The van der Waals surface area contributed by atoms with Crippen LogP contribution in [-0.4, -0.2) is 16.5 Å². The van der Waals surface area contributed by atoms with Crippen LogP contribution < -0.4 is 5.43 Å². The smallest absolute Gasteiger partial charge is 0.266 e. The van der Waals surface area contributed by atoms with E-state index >= 15 is 0 Å². The van der Waals surface area contributed by atoms with Crippen molar-refractivity contribution in [1.82, 2.24) is 5.43 Å². The molecule has 0 radical (unpaired) electrons. The molecular weight excluding hydrogens is 302 g/mol. The molecule has 2 aromatic rings. The largest absolute Gasteiger partial charge is 0.281 e. The number of hydrogen-bond donors (Lipinski definition) is 1. The van der Waals surface area contributed by atoms with E-state index in [1.807, 2.05) is 12.3 Å². The van der Waals surface area contributed by atoms with Crippen molar-refractivity contribution in [3.63, 3.8) is 0 Å². The number of carbonyl (C=O) groups excluding carboxylic acids is 1. The maximum atomic E-state index is 11.9. The lowest BCUT2D eigenvalue weighted by Crippen LogP contribution is -2.19. The molecule has 1 aromatic carbocycles. The molecule has 0 fully saturated rings. The quantitative estimate of drug-likeness (QED) is 0.502. The highest BCUT2D eigenvalue weighted by Gasteiger charge is 2.11. The third kappa shape index (κ3) is 3.98. The van der Waals surface area contributed by atoms with E-state index in [-0.39, 0.29) is 11.6 Å². The van der Waals surface area contributed by atoms with Gasteiger partial charge in [-0.05, 0) is 17.9 Å². The first-order valence-electron chi connectivity index (χ1n) is 6.77. The molecule has 0 aliphatic rings.